The van der Waals surface area contributed by atoms with Crippen molar-refractivity contribution in [1.29, 1.82) is 0 Å². The van der Waals surface area contributed by atoms with Gasteiger partial charge >= 0.3 is 11.9 Å². The highest BCUT2D eigenvalue weighted by Gasteiger charge is 2.13. The summed E-state index contributed by atoms with van der Waals surface area (Å²) in [6.07, 6.45) is 0. The first-order chi connectivity index (χ1) is 11.9. The number of anilines is 1. The van der Waals surface area contributed by atoms with E-state index in [1.807, 2.05) is 0 Å². The number of hydrogen-bond acceptors (Lipinski definition) is 5. The molecular weight excluding hydrogens is 346 g/mol. The molecule has 0 aliphatic heterocycles. The van der Waals surface area contributed by atoms with Crippen molar-refractivity contribution >= 4 is 35.1 Å². The normalized spacial score (nSPS) is 10.0. The van der Waals surface area contributed by atoms with E-state index >= 15 is 0 Å². The number of esters is 2. The molecule has 0 aliphatic carbocycles. The van der Waals surface area contributed by atoms with Crippen molar-refractivity contribution < 1.29 is 23.9 Å². The van der Waals surface area contributed by atoms with Crippen molar-refractivity contribution in [2.24, 2.45) is 0 Å². The van der Waals surface area contributed by atoms with Gasteiger partial charge in [0.15, 0.2) is 6.61 Å². The summed E-state index contributed by atoms with van der Waals surface area (Å²) in [5, 5.41) is 3.16. The summed E-state index contributed by atoms with van der Waals surface area (Å²) in [5.41, 5.74) is 1.81. The molecule has 0 bridgehead atoms. The maximum atomic E-state index is 11.9. The Bertz CT molecular complexity index is 802. The first kappa shape index (κ1) is 18.5. The summed E-state index contributed by atoms with van der Waals surface area (Å²) in [4.78, 5) is 35.2. The Kier molecular flexibility index (Phi) is 6.14. The number of carbonyl (C=O) groups excluding carboxylic acids is 3. The molecule has 0 saturated heterocycles. The number of hydrogen-bond donors (Lipinski definition) is 1. The van der Waals surface area contributed by atoms with Gasteiger partial charge in [0.1, 0.15) is 0 Å². The maximum absolute atomic E-state index is 11.9. The van der Waals surface area contributed by atoms with Gasteiger partial charge in [-0.1, -0.05) is 17.7 Å². The Morgan fingerprint density at radius 3 is 2.20 bits per heavy atom. The van der Waals surface area contributed by atoms with Crippen LogP contribution in [0.1, 0.15) is 26.3 Å². The quantitative estimate of drug-likeness (QED) is 0.827. The number of carbonyl (C=O) groups is 3. The lowest BCUT2D eigenvalue weighted by molar-refractivity contribution is -0.119. The van der Waals surface area contributed by atoms with Gasteiger partial charge in [0.05, 0.1) is 18.2 Å². The van der Waals surface area contributed by atoms with Gasteiger partial charge in [0.25, 0.3) is 5.91 Å². The van der Waals surface area contributed by atoms with Crippen molar-refractivity contribution in [3.05, 3.63) is 64.2 Å². The predicted molar refractivity (Wildman–Crippen MR) is 92.9 cm³/mol. The molecule has 6 nitrogen and oxygen atoms in total. The van der Waals surface area contributed by atoms with Crippen LogP contribution in [0.3, 0.4) is 0 Å². The van der Waals surface area contributed by atoms with Gasteiger partial charge in [-0.3, -0.25) is 4.79 Å². The average molecular weight is 362 g/mol. The molecule has 0 unspecified atom stereocenters. The SMILES string of the molecule is COC(=O)c1ccc(C(=O)OCC(=O)Nc2cccc(Cl)c2C)cc1. The second-order valence-electron chi connectivity index (χ2n) is 5.11. The molecule has 1 amide bonds. The Hall–Kier alpha value is -2.86. The van der Waals surface area contributed by atoms with Crippen LogP contribution in [-0.4, -0.2) is 31.6 Å². The maximum Gasteiger partial charge on any atom is 0.338 e. The lowest BCUT2D eigenvalue weighted by Crippen LogP contribution is -2.21. The summed E-state index contributed by atoms with van der Waals surface area (Å²) >= 11 is 5.98. The van der Waals surface area contributed by atoms with Gasteiger partial charge in [0.2, 0.25) is 0 Å². The van der Waals surface area contributed by atoms with Crippen molar-refractivity contribution in [1.82, 2.24) is 0 Å². The zero-order chi connectivity index (χ0) is 18.4. The molecule has 0 aliphatic rings. The van der Waals surface area contributed by atoms with E-state index in [4.69, 9.17) is 16.3 Å². The Balaban J connectivity index is 1.92. The standard InChI is InChI=1S/C18H16ClNO5/c1-11-14(19)4-3-5-15(11)20-16(21)10-25-18(23)13-8-6-12(7-9-13)17(22)24-2/h3-9H,10H2,1-2H3,(H,20,21). The van der Waals surface area contributed by atoms with E-state index in [1.54, 1.807) is 25.1 Å². The Labute approximate surface area is 149 Å². The fourth-order valence-electron chi connectivity index (χ4n) is 2.00. The highest BCUT2D eigenvalue weighted by Crippen LogP contribution is 2.22. The predicted octanol–water partition coefficient (Wildman–Crippen LogP) is 3.23. The topological polar surface area (TPSA) is 81.7 Å². The third kappa shape index (κ3) is 4.81. The monoisotopic (exact) mass is 361 g/mol. The molecule has 0 aromatic heterocycles. The molecule has 0 saturated carbocycles. The van der Waals surface area contributed by atoms with E-state index in [-0.39, 0.29) is 5.56 Å². The van der Waals surface area contributed by atoms with E-state index < -0.39 is 24.5 Å². The zero-order valence-corrected chi connectivity index (χ0v) is 14.4. The molecule has 0 heterocycles. The van der Waals surface area contributed by atoms with Crippen LogP contribution in [0.2, 0.25) is 5.02 Å². The zero-order valence-electron chi connectivity index (χ0n) is 13.7. The number of methoxy groups -OCH3 is 1. The largest absolute Gasteiger partial charge is 0.465 e. The molecule has 130 valence electrons. The molecule has 0 fully saturated rings. The molecule has 2 aromatic rings. The first-order valence-corrected chi connectivity index (χ1v) is 7.70. The number of ether oxygens (including phenoxy) is 2. The van der Waals surface area contributed by atoms with Gasteiger partial charge in [-0.2, -0.15) is 0 Å². The Morgan fingerprint density at radius 2 is 1.60 bits per heavy atom. The summed E-state index contributed by atoms with van der Waals surface area (Å²) in [6.45, 7) is 1.33. The molecule has 0 atom stereocenters. The third-order valence-corrected chi connectivity index (χ3v) is 3.83. The smallest absolute Gasteiger partial charge is 0.338 e. The highest BCUT2D eigenvalue weighted by atomic mass is 35.5. The summed E-state index contributed by atoms with van der Waals surface area (Å²) < 4.78 is 9.53. The molecule has 2 rings (SSSR count). The van der Waals surface area contributed by atoms with E-state index in [0.29, 0.717) is 16.3 Å². The molecule has 25 heavy (non-hydrogen) atoms. The van der Waals surface area contributed by atoms with Gasteiger partial charge in [-0.05, 0) is 48.9 Å². The van der Waals surface area contributed by atoms with Gasteiger partial charge in [0, 0.05) is 10.7 Å². The summed E-state index contributed by atoms with van der Waals surface area (Å²) in [6, 6.07) is 10.9. The molecule has 7 heteroatoms. The second kappa shape index (κ2) is 8.30. The second-order valence-corrected chi connectivity index (χ2v) is 5.51. The average Bonchev–Trinajstić information content (AvgIpc) is 2.63. The van der Waals surface area contributed by atoms with E-state index in [9.17, 15) is 14.4 Å². The first-order valence-electron chi connectivity index (χ1n) is 7.33. The van der Waals surface area contributed by atoms with Crippen LogP contribution < -0.4 is 5.32 Å². The van der Waals surface area contributed by atoms with Crippen LogP contribution in [0.15, 0.2) is 42.5 Å². The minimum absolute atomic E-state index is 0.222. The van der Waals surface area contributed by atoms with E-state index in [2.05, 4.69) is 10.1 Å². The number of amides is 1. The van der Waals surface area contributed by atoms with Crippen LogP contribution in [0.4, 0.5) is 5.69 Å². The summed E-state index contributed by atoms with van der Waals surface area (Å²) in [5.74, 6) is -1.66. The Morgan fingerprint density at radius 1 is 1.00 bits per heavy atom. The molecule has 1 N–H and O–H groups in total. The molecular formula is C18H16ClNO5. The van der Waals surface area contributed by atoms with Crippen LogP contribution in [0.25, 0.3) is 0 Å². The van der Waals surface area contributed by atoms with Crippen molar-refractivity contribution in [3.8, 4) is 0 Å². The van der Waals surface area contributed by atoms with Crippen molar-refractivity contribution in [2.45, 2.75) is 6.92 Å². The lowest BCUT2D eigenvalue weighted by Gasteiger charge is -2.10. The number of rotatable bonds is 5. The van der Waals surface area contributed by atoms with Crippen molar-refractivity contribution in [2.75, 3.05) is 19.0 Å². The number of nitrogens with one attached hydrogen (secondary N) is 1. The van der Waals surface area contributed by atoms with Crippen LogP contribution in [-0.2, 0) is 14.3 Å². The lowest BCUT2D eigenvalue weighted by atomic mass is 10.1. The van der Waals surface area contributed by atoms with Gasteiger partial charge < -0.3 is 14.8 Å². The minimum Gasteiger partial charge on any atom is -0.465 e. The third-order valence-electron chi connectivity index (χ3n) is 3.42. The number of benzene rings is 2. The van der Waals surface area contributed by atoms with E-state index in [1.165, 1.54) is 31.4 Å². The van der Waals surface area contributed by atoms with Crippen LogP contribution in [0, 0.1) is 6.92 Å². The summed E-state index contributed by atoms with van der Waals surface area (Å²) in [7, 11) is 1.27. The molecule has 0 spiro atoms. The van der Waals surface area contributed by atoms with Crippen LogP contribution >= 0.6 is 11.6 Å². The minimum atomic E-state index is -0.672. The van der Waals surface area contributed by atoms with Crippen LogP contribution in [0.5, 0.6) is 0 Å². The van der Waals surface area contributed by atoms with Crippen molar-refractivity contribution in [3.63, 3.8) is 0 Å². The molecule has 0 radical (unpaired) electrons. The van der Waals surface area contributed by atoms with E-state index in [0.717, 1.165) is 5.56 Å². The highest BCUT2D eigenvalue weighted by molar-refractivity contribution is 6.31. The van der Waals surface area contributed by atoms with Gasteiger partial charge in [-0.25, -0.2) is 9.59 Å². The number of halogens is 1. The van der Waals surface area contributed by atoms with Gasteiger partial charge in [-0.15, -0.1) is 0 Å². The molecule has 2 aromatic carbocycles. The fourth-order valence-corrected chi connectivity index (χ4v) is 2.18. The fraction of sp³-hybridized carbons (Fsp3) is 0.167.